The monoisotopic (exact) mass is 338 g/mol. The Labute approximate surface area is 136 Å². The molecule has 23 heavy (non-hydrogen) atoms. The molecule has 2 aromatic rings. The minimum Gasteiger partial charge on any atom is -0.487 e. The molecule has 1 aliphatic heterocycles. The zero-order valence-electron chi connectivity index (χ0n) is 12.3. The molecule has 0 spiro atoms. The normalized spacial score (nSPS) is 15.2. The van der Waals surface area contributed by atoms with E-state index in [0.29, 0.717) is 47.1 Å². The van der Waals surface area contributed by atoms with Crippen LogP contribution in [0.4, 0.5) is 5.69 Å². The van der Waals surface area contributed by atoms with Crippen LogP contribution in [-0.4, -0.2) is 35.0 Å². The first kappa shape index (κ1) is 15.8. The third-order valence-electron chi connectivity index (χ3n) is 3.36. The van der Waals surface area contributed by atoms with Crippen molar-refractivity contribution >= 4 is 33.9 Å². The molecule has 8 nitrogen and oxygen atoms in total. The Morgan fingerprint density at radius 1 is 1.48 bits per heavy atom. The summed E-state index contributed by atoms with van der Waals surface area (Å²) in [4.78, 5) is 10.6. The largest absolute Gasteiger partial charge is 0.487 e. The Hall–Kier alpha value is -2.10. The minimum atomic E-state index is -0.642. The number of benzene rings is 1. The molecule has 1 aromatic heterocycles. The van der Waals surface area contributed by atoms with Gasteiger partial charge in [0, 0.05) is 12.5 Å². The van der Waals surface area contributed by atoms with Gasteiger partial charge in [0.25, 0.3) is 5.69 Å². The van der Waals surface area contributed by atoms with Gasteiger partial charge >= 0.3 is 0 Å². The lowest BCUT2D eigenvalue weighted by Gasteiger charge is -2.09. The molecule has 0 saturated carbocycles. The van der Waals surface area contributed by atoms with Crippen molar-refractivity contribution in [3.05, 3.63) is 33.5 Å². The maximum atomic E-state index is 11.1. The predicted octanol–water partition coefficient (Wildman–Crippen LogP) is 2.69. The van der Waals surface area contributed by atoms with Crippen LogP contribution in [0.3, 0.4) is 0 Å². The van der Waals surface area contributed by atoms with Crippen molar-refractivity contribution in [3.8, 4) is 0 Å². The second-order valence-electron chi connectivity index (χ2n) is 4.86. The molecule has 0 unspecified atom stereocenters. The van der Waals surface area contributed by atoms with Crippen LogP contribution in [0.25, 0.3) is 11.0 Å². The van der Waals surface area contributed by atoms with Crippen molar-refractivity contribution in [2.75, 3.05) is 19.8 Å². The van der Waals surface area contributed by atoms with Crippen molar-refractivity contribution in [3.63, 3.8) is 0 Å². The van der Waals surface area contributed by atoms with E-state index >= 15 is 0 Å². The van der Waals surface area contributed by atoms with Gasteiger partial charge in [-0.1, -0.05) is 5.16 Å². The first-order chi connectivity index (χ1) is 11.1. The number of nitro benzene ring substituents is 1. The topological polar surface area (TPSA) is 96.9 Å². The Balaban J connectivity index is 2.09. The maximum absolute atomic E-state index is 11.1. The molecule has 0 radical (unpaired) electrons. The number of thiocarbonyl (C=S) groups is 1. The molecule has 0 N–H and O–H groups in total. The van der Waals surface area contributed by atoms with Crippen LogP contribution < -0.4 is 0 Å². The van der Waals surface area contributed by atoms with E-state index in [0.717, 1.165) is 0 Å². The summed E-state index contributed by atoms with van der Waals surface area (Å²) in [6, 6.07) is 2.78. The van der Waals surface area contributed by atoms with Crippen molar-refractivity contribution in [2.45, 2.75) is 19.6 Å². The molecule has 9 heteroatoms. The van der Waals surface area contributed by atoms with Crippen LogP contribution in [0.1, 0.15) is 24.5 Å². The van der Waals surface area contributed by atoms with Gasteiger partial charge in [-0.05, 0) is 24.7 Å². The number of hydrogen-bond donors (Lipinski definition) is 0. The molecular weight excluding hydrogens is 324 g/mol. The third-order valence-corrected chi connectivity index (χ3v) is 3.63. The van der Waals surface area contributed by atoms with E-state index in [2.05, 4.69) is 5.16 Å². The van der Waals surface area contributed by atoms with Crippen LogP contribution in [0.15, 0.2) is 16.7 Å². The fourth-order valence-electron chi connectivity index (χ4n) is 2.45. The molecule has 0 bridgehead atoms. The number of rotatable bonds is 5. The van der Waals surface area contributed by atoms with Gasteiger partial charge in [0.1, 0.15) is 5.69 Å². The molecule has 122 valence electrons. The fourth-order valence-corrected chi connectivity index (χ4v) is 2.73. The number of non-ortho nitro benzene ring substituents is 1. The van der Waals surface area contributed by atoms with E-state index in [1.54, 1.807) is 0 Å². The summed E-state index contributed by atoms with van der Waals surface area (Å²) in [6.45, 7) is 3.17. The number of fused-ring (bicyclic) bond motifs is 1. The molecule has 1 fully saturated rings. The second-order valence-corrected chi connectivity index (χ2v) is 5.31. The van der Waals surface area contributed by atoms with Gasteiger partial charge in [0.2, 0.25) is 6.29 Å². The van der Waals surface area contributed by atoms with Gasteiger partial charge in [-0.25, -0.2) is 0 Å². The molecule has 0 atom stereocenters. The minimum absolute atomic E-state index is 0.0947. The van der Waals surface area contributed by atoms with Crippen LogP contribution in [-0.2, 0) is 20.6 Å². The van der Waals surface area contributed by atoms with Crippen molar-refractivity contribution in [2.24, 2.45) is 0 Å². The summed E-state index contributed by atoms with van der Waals surface area (Å²) in [6.07, 6.45) is -0.403. The van der Waals surface area contributed by atoms with Crippen LogP contribution in [0.2, 0.25) is 0 Å². The second kappa shape index (κ2) is 6.57. The number of aromatic nitrogens is 1. The molecule has 1 aliphatic rings. The third kappa shape index (κ3) is 3.16. The predicted molar refractivity (Wildman–Crippen MR) is 83.2 cm³/mol. The number of nitrogens with zero attached hydrogens (tertiary/aromatic N) is 2. The maximum Gasteiger partial charge on any atom is 0.273 e. The Morgan fingerprint density at radius 2 is 2.22 bits per heavy atom. The zero-order chi connectivity index (χ0) is 16.4. The smallest absolute Gasteiger partial charge is 0.273 e. The first-order valence-electron chi connectivity index (χ1n) is 7.05. The standard InChI is InChI=1S/C14H14N2O6S/c1-2-19-11(23)6-8-5-9(16(17)18)7-10-12(8)13(15-22-10)14-20-3-4-21-14/h5,7,14H,2-4,6H2,1H3. The number of nitro groups is 1. The van der Waals surface area contributed by atoms with Crippen molar-refractivity contribution in [1.82, 2.24) is 5.16 Å². The van der Waals surface area contributed by atoms with E-state index in [9.17, 15) is 10.1 Å². The summed E-state index contributed by atoms with van der Waals surface area (Å²) in [5.41, 5.74) is 1.26. The average molecular weight is 338 g/mol. The Bertz CT molecular complexity index is 753. The molecule has 1 saturated heterocycles. The van der Waals surface area contributed by atoms with Gasteiger partial charge in [-0.15, -0.1) is 0 Å². The lowest BCUT2D eigenvalue weighted by Crippen LogP contribution is -2.07. The SMILES string of the molecule is CCOC(=S)Cc1cc([N+](=O)[O-])cc2onc(C3OCCO3)c12. The van der Waals surface area contributed by atoms with Crippen LogP contribution >= 0.6 is 12.2 Å². The molecule has 3 rings (SSSR count). The summed E-state index contributed by atoms with van der Waals surface area (Å²) in [5, 5.41) is 16.0. The van der Waals surface area contributed by atoms with Gasteiger partial charge in [-0.2, -0.15) is 0 Å². The molecule has 2 heterocycles. The average Bonchev–Trinajstić information content (AvgIpc) is 3.15. The molecule has 0 aliphatic carbocycles. The first-order valence-corrected chi connectivity index (χ1v) is 7.46. The van der Waals surface area contributed by atoms with Gasteiger partial charge in [0.15, 0.2) is 10.6 Å². The quantitative estimate of drug-likeness (QED) is 0.466. The zero-order valence-corrected chi connectivity index (χ0v) is 13.1. The van der Waals surface area contributed by atoms with E-state index in [1.807, 2.05) is 6.92 Å². The summed E-state index contributed by atoms with van der Waals surface area (Å²) < 4.78 is 21.4. The molecule has 1 aromatic carbocycles. The molecule has 0 amide bonds. The highest BCUT2D eigenvalue weighted by Gasteiger charge is 2.28. The van der Waals surface area contributed by atoms with Crippen LogP contribution in [0.5, 0.6) is 0 Å². The fraction of sp³-hybridized carbons (Fsp3) is 0.429. The van der Waals surface area contributed by atoms with E-state index in [1.165, 1.54) is 12.1 Å². The highest BCUT2D eigenvalue weighted by Crippen LogP contribution is 2.34. The summed E-state index contributed by atoms with van der Waals surface area (Å²) in [7, 11) is 0. The highest BCUT2D eigenvalue weighted by atomic mass is 32.1. The lowest BCUT2D eigenvalue weighted by atomic mass is 10.0. The van der Waals surface area contributed by atoms with Crippen molar-refractivity contribution in [1.29, 1.82) is 0 Å². The van der Waals surface area contributed by atoms with Gasteiger partial charge < -0.3 is 18.7 Å². The van der Waals surface area contributed by atoms with Crippen molar-refractivity contribution < 1.29 is 23.7 Å². The Morgan fingerprint density at radius 3 is 2.87 bits per heavy atom. The Kier molecular flexibility index (Phi) is 4.51. The highest BCUT2D eigenvalue weighted by molar-refractivity contribution is 7.80. The summed E-state index contributed by atoms with van der Waals surface area (Å²) in [5.74, 6) is 0. The number of ether oxygens (including phenoxy) is 3. The van der Waals surface area contributed by atoms with E-state index in [4.69, 9.17) is 31.0 Å². The number of hydrogen-bond acceptors (Lipinski definition) is 8. The van der Waals surface area contributed by atoms with Crippen LogP contribution in [0, 0.1) is 10.1 Å². The lowest BCUT2D eigenvalue weighted by molar-refractivity contribution is -0.384. The molecular formula is C14H14N2O6S. The van der Waals surface area contributed by atoms with E-state index < -0.39 is 11.2 Å². The van der Waals surface area contributed by atoms with Gasteiger partial charge in [-0.3, -0.25) is 10.1 Å². The van der Waals surface area contributed by atoms with E-state index in [-0.39, 0.29) is 12.1 Å². The summed E-state index contributed by atoms with van der Waals surface area (Å²) >= 11 is 5.15. The van der Waals surface area contributed by atoms with Gasteiger partial charge in [0.05, 0.1) is 36.2 Å².